The van der Waals surface area contributed by atoms with E-state index in [2.05, 4.69) is 90.1 Å². The molecule has 2 aliphatic carbocycles. The average molecular weight is 469 g/mol. The van der Waals surface area contributed by atoms with Gasteiger partial charge in [-0.15, -0.1) is 0 Å². The van der Waals surface area contributed by atoms with Crippen molar-refractivity contribution < 1.29 is 0 Å². The van der Waals surface area contributed by atoms with Crippen LogP contribution in [0.4, 0.5) is 0 Å². The fourth-order valence-electron chi connectivity index (χ4n) is 7.19. The summed E-state index contributed by atoms with van der Waals surface area (Å²) < 4.78 is 0. The molecule has 2 aromatic carbocycles. The first kappa shape index (κ1) is 26.0. The van der Waals surface area contributed by atoms with E-state index in [1.54, 1.807) is 22.3 Å². The predicted molar refractivity (Wildman–Crippen MR) is 155 cm³/mol. The Morgan fingerprint density at radius 3 is 1.40 bits per heavy atom. The van der Waals surface area contributed by atoms with E-state index in [1.165, 1.54) is 73.6 Å². The first-order chi connectivity index (χ1) is 17.0. The molecule has 2 aromatic rings. The molecule has 2 aliphatic rings. The first-order valence-electron chi connectivity index (χ1n) is 14.6. The molecule has 4 rings (SSSR count). The Kier molecular flexibility index (Phi) is 8.41. The maximum atomic E-state index is 2.61. The second kappa shape index (κ2) is 11.3. The summed E-state index contributed by atoms with van der Waals surface area (Å²) in [5.74, 6) is 0.994. The van der Waals surface area contributed by atoms with Gasteiger partial charge in [-0.05, 0) is 77.3 Å². The van der Waals surface area contributed by atoms with Crippen molar-refractivity contribution in [2.45, 2.75) is 118 Å². The smallest absolute Gasteiger partial charge is 0.0118 e. The predicted octanol–water partition coefficient (Wildman–Crippen LogP) is 10.7. The Morgan fingerprint density at radius 1 is 0.600 bits per heavy atom. The van der Waals surface area contributed by atoms with E-state index in [0.717, 1.165) is 12.8 Å². The number of unbranched alkanes of at least 4 members (excludes halogenated alkanes) is 4. The van der Waals surface area contributed by atoms with Crippen molar-refractivity contribution in [3.8, 4) is 0 Å². The molecule has 0 aliphatic heterocycles. The summed E-state index contributed by atoms with van der Waals surface area (Å²) in [6.45, 7) is 14.4. The molecule has 0 spiro atoms. The second-order valence-corrected chi connectivity index (χ2v) is 11.6. The van der Waals surface area contributed by atoms with E-state index in [1.807, 2.05) is 0 Å². The fraction of sp³-hybridized carbons (Fsp3) is 0.543. The molecule has 0 fully saturated rings. The van der Waals surface area contributed by atoms with Gasteiger partial charge in [-0.3, -0.25) is 0 Å². The zero-order valence-corrected chi connectivity index (χ0v) is 23.3. The minimum Gasteiger partial charge on any atom is -0.0654 e. The summed E-state index contributed by atoms with van der Waals surface area (Å²) in [7, 11) is 0. The van der Waals surface area contributed by atoms with E-state index in [9.17, 15) is 0 Å². The van der Waals surface area contributed by atoms with Crippen LogP contribution in [0.2, 0.25) is 0 Å². The highest BCUT2D eigenvalue weighted by atomic mass is 14.5. The summed E-state index contributed by atoms with van der Waals surface area (Å²) in [4.78, 5) is 0. The second-order valence-electron chi connectivity index (χ2n) is 11.6. The molecule has 0 radical (unpaired) electrons. The maximum Gasteiger partial charge on any atom is 0.0118 e. The van der Waals surface area contributed by atoms with Crippen LogP contribution in [0.15, 0.2) is 47.5 Å². The van der Waals surface area contributed by atoms with Crippen molar-refractivity contribution in [2.24, 2.45) is 5.41 Å². The van der Waals surface area contributed by atoms with Gasteiger partial charge < -0.3 is 0 Å². The number of hydrogen-bond donors (Lipinski definition) is 0. The summed E-state index contributed by atoms with van der Waals surface area (Å²) >= 11 is 0. The highest BCUT2D eigenvalue weighted by molar-refractivity contribution is 5.73. The van der Waals surface area contributed by atoms with Gasteiger partial charge >= 0.3 is 0 Å². The molecule has 0 nitrogen and oxygen atoms in total. The molecule has 2 atom stereocenters. The molecular formula is C35H48. The standard InChI is InChI=1S/C35H48/c1-7-11-13-17-27-23-31-25(9-3)19-15-21-29(31)33(27)35(5,6)34-28(18-14-12-8-2)24-32-26(10-4)20-16-22-30(32)34/h15-16,19-24,33-34H,7-14,17-18H2,1-6H3. The van der Waals surface area contributed by atoms with Gasteiger partial charge in [0.15, 0.2) is 0 Å². The monoisotopic (exact) mass is 468 g/mol. The SMILES string of the molecule is CCCCCC1=Cc2c(CC)cccc2C1C(C)(C)C1C(CCCCC)=Cc2c(CC)cccc21. The number of allylic oxidation sites excluding steroid dienone is 2. The number of hydrogen-bond acceptors (Lipinski definition) is 0. The quantitative estimate of drug-likeness (QED) is 0.272. The number of aryl methyl sites for hydroxylation is 2. The summed E-state index contributed by atoms with van der Waals surface area (Å²) in [6, 6.07) is 14.2. The summed E-state index contributed by atoms with van der Waals surface area (Å²) in [5, 5.41) is 0. The largest absolute Gasteiger partial charge is 0.0654 e. The zero-order chi connectivity index (χ0) is 25.0. The van der Waals surface area contributed by atoms with Gasteiger partial charge in [0.1, 0.15) is 0 Å². The highest BCUT2D eigenvalue weighted by Crippen LogP contribution is 2.60. The third-order valence-electron chi connectivity index (χ3n) is 8.87. The third kappa shape index (κ3) is 4.96. The number of fused-ring (bicyclic) bond motifs is 2. The van der Waals surface area contributed by atoms with Gasteiger partial charge in [0, 0.05) is 11.8 Å². The lowest BCUT2D eigenvalue weighted by molar-refractivity contribution is 0.267. The van der Waals surface area contributed by atoms with Crippen LogP contribution in [0.3, 0.4) is 0 Å². The van der Waals surface area contributed by atoms with Gasteiger partial charge in [0.2, 0.25) is 0 Å². The molecule has 0 amide bonds. The van der Waals surface area contributed by atoms with Gasteiger partial charge in [-0.1, -0.05) is 127 Å². The Hall–Kier alpha value is -2.08. The minimum atomic E-state index is 0.130. The molecule has 0 aromatic heterocycles. The number of benzene rings is 2. The highest BCUT2D eigenvalue weighted by Gasteiger charge is 2.46. The van der Waals surface area contributed by atoms with Crippen molar-refractivity contribution in [3.05, 3.63) is 80.9 Å². The molecule has 0 heterocycles. The maximum absolute atomic E-state index is 2.61. The lowest BCUT2D eigenvalue weighted by atomic mass is 9.61. The molecule has 0 heteroatoms. The molecular weight excluding hydrogens is 420 g/mol. The Labute approximate surface area is 215 Å². The normalized spacial score (nSPS) is 18.9. The van der Waals surface area contributed by atoms with E-state index >= 15 is 0 Å². The van der Waals surface area contributed by atoms with Crippen molar-refractivity contribution in [1.82, 2.24) is 0 Å². The van der Waals surface area contributed by atoms with Crippen LogP contribution in [0.25, 0.3) is 12.2 Å². The van der Waals surface area contributed by atoms with Crippen molar-refractivity contribution >= 4 is 12.2 Å². The summed E-state index contributed by atoms with van der Waals surface area (Å²) in [6.07, 6.45) is 17.8. The van der Waals surface area contributed by atoms with Crippen molar-refractivity contribution in [3.63, 3.8) is 0 Å². The molecule has 0 bridgehead atoms. The average Bonchev–Trinajstić information content (AvgIpc) is 3.43. The lowest BCUT2D eigenvalue weighted by Crippen LogP contribution is -2.30. The zero-order valence-electron chi connectivity index (χ0n) is 23.3. The van der Waals surface area contributed by atoms with E-state index in [-0.39, 0.29) is 5.41 Å². The third-order valence-corrected chi connectivity index (χ3v) is 8.87. The van der Waals surface area contributed by atoms with Crippen LogP contribution >= 0.6 is 0 Å². The van der Waals surface area contributed by atoms with Crippen LogP contribution in [0.1, 0.15) is 138 Å². The molecule has 0 N–H and O–H groups in total. The summed E-state index contributed by atoms with van der Waals surface area (Å²) in [5.41, 5.74) is 12.8. The molecule has 2 unspecified atom stereocenters. The van der Waals surface area contributed by atoms with Crippen LogP contribution in [-0.2, 0) is 12.8 Å². The lowest BCUT2D eigenvalue weighted by Gasteiger charge is -2.42. The van der Waals surface area contributed by atoms with E-state index < -0.39 is 0 Å². The Morgan fingerprint density at radius 2 is 1.03 bits per heavy atom. The van der Waals surface area contributed by atoms with Crippen molar-refractivity contribution in [2.75, 3.05) is 0 Å². The van der Waals surface area contributed by atoms with Crippen LogP contribution in [0.5, 0.6) is 0 Å². The minimum absolute atomic E-state index is 0.130. The van der Waals surface area contributed by atoms with Crippen LogP contribution in [0, 0.1) is 5.41 Å². The van der Waals surface area contributed by atoms with Gasteiger partial charge in [0.25, 0.3) is 0 Å². The first-order valence-corrected chi connectivity index (χ1v) is 14.6. The fourth-order valence-corrected chi connectivity index (χ4v) is 7.19. The van der Waals surface area contributed by atoms with Gasteiger partial charge in [-0.2, -0.15) is 0 Å². The molecule has 188 valence electrons. The van der Waals surface area contributed by atoms with E-state index in [0.29, 0.717) is 11.8 Å². The topological polar surface area (TPSA) is 0 Å². The van der Waals surface area contributed by atoms with E-state index in [4.69, 9.17) is 0 Å². The van der Waals surface area contributed by atoms with Crippen molar-refractivity contribution in [1.29, 1.82) is 0 Å². The Bertz CT molecular complexity index is 992. The Balaban J connectivity index is 1.80. The molecule has 0 saturated carbocycles. The van der Waals surface area contributed by atoms with Gasteiger partial charge in [0.05, 0.1) is 0 Å². The van der Waals surface area contributed by atoms with Crippen LogP contribution in [-0.4, -0.2) is 0 Å². The molecule has 0 saturated heterocycles. The molecule has 35 heavy (non-hydrogen) atoms. The van der Waals surface area contributed by atoms with Gasteiger partial charge in [-0.25, -0.2) is 0 Å². The number of rotatable bonds is 12. The van der Waals surface area contributed by atoms with Crippen LogP contribution < -0.4 is 0 Å².